The highest BCUT2D eigenvalue weighted by molar-refractivity contribution is 7.14. The second kappa shape index (κ2) is 6.54. The number of halogens is 1. The molecule has 2 aromatic rings. The molecule has 2 rings (SSSR count). The molecule has 20 heavy (non-hydrogen) atoms. The highest BCUT2D eigenvalue weighted by Crippen LogP contribution is 2.23. The minimum absolute atomic E-state index is 0.148. The highest BCUT2D eigenvalue weighted by atomic mass is 35.5. The van der Waals surface area contributed by atoms with Crippen molar-refractivity contribution in [3.63, 3.8) is 0 Å². The monoisotopic (exact) mass is 308 g/mol. The lowest BCUT2D eigenvalue weighted by Crippen LogP contribution is -2.16. The molecule has 104 valence electrons. The van der Waals surface area contributed by atoms with E-state index in [1.54, 1.807) is 23.6 Å². The van der Waals surface area contributed by atoms with Gasteiger partial charge in [-0.05, 0) is 35.6 Å². The summed E-state index contributed by atoms with van der Waals surface area (Å²) >= 11 is 7.07. The summed E-state index contributed by atoms with van der Waals surface area (Å²) in [6.45, 7) is 0. The number of rotatable bonds is 5. The number of thiophene rings is 1. The quantitative estimate of drug-likeness (QED) is 0.891. The maximum atomic E-state index is 11.8. The summed E-state index contributed by atoms with van der Waals surface area (Å²) in [5.74, 6) is -0.691. The van der Waals surface area contributed by atoms with Gasteiger partial charge in [-0.3, -0.25) is 9.59 Å². The Morgan fingerprint density at radius 1 is 1.20 bits per heavy atom. The molecule has 0 atom stereocenters. The molecule has 0 saturated carbocycles. The second-order valence-electron chi connectivity index (χ2n) is 4.20. The van der Waals surface area contributed by atoms with E-state index in [9.17, 15) is 9.59 Å². The first-order valence-electron chi connectivity index (χ1n) is 5.98. The van der Waals surface area contributed by atoms with Gasteiger partial charge < -0.3 is 11.1 Å². The van der Waals surface area contributed by atoms with Crippen LogP contribution in [-0.2, 0) is 11.2 Å². The van der Waals surface area contributed by atoms with E-state index in [2.05, 4.69) is 5.32 Å². The van der Waals surface area contributed by atoms with Crippen LogP contribution in [0.5, 0.6) is 0 Å². The zero-order valence-corrected chi connectivity index (χ0v) is 12.1. The molecule has 0 radical (unpaired) electrons. The molecule has 3 N–H and O–H groups in total. The summed E-state index contributed by atoms with van der Waals surface area (Å²) in [4.78, 5) is 23.0. The third-order valence-electron chi connectivity index (χ3n) is 2.74. The molecule has 4 nitrogen and oxygen atoms in total. The van der Waals surface area contributed by atoms with Crippen LogP contribution in [0.15, 0.2) is 35.7 Å². The normalized spacial score (nSPS) is 10.2. The summed E-state index contributed by atoms with van der Waals surface area (Å²) in [7, 11) is 0. The van der Waals surface area contributed by atoms with Crippen LogP contribution >= 0.6 is 22.9 Å². The molecule has 6 heteroatoms. The summed E-state index contributed by atoms with van der Waals surface area (Å²) in [6, 6.07) is 8.95. The third kappa shape index (κ3) is 3.82. The van der Waals surface area contributed by atoms with E-state index in [0.717, 1.165) is 5.56 Å². The van der Waals surface area contributed by atoms with Crippen LogP contribution in [-0.4, -0.2) is 11.8 Å². The van der Waals surface area contributed by atoms with E-state index in [1.807, 2.05) is 12.1 Å². The Bertz CT molecular complexity index is 622. The van der Waals surface area contributed by atoms with E-state index in [4.69, 9.17) is 17.3 Å². The Labute approximate surface area is 125 Å². The van der Waals surface area contributed by atoms with Crippen LogP contribution in [0.25, 0.3) is 0 Å². The molecular formula is C14H13ClN2O2S. The lowest BCUT2D eigenvalue weighted by Gasteiger charge is -2.05. The standard InChI is InChI=1S/C14H13ClN2O2S/c15-10-4-1-9(2-5-10)3-6-12(18)17-14-11(13(16)19)7-8-20-14/h1-2,4-5,7-8H,3,6H2,(H2,16,19)(H,17,18). The average Bonchev–Trinajstić information content (AvgIpc) is 2.86. The van der Waals surface area contributed by atoms with Gasteiger partial charge in [0, 0.05) is 11.4 Å². The number of primary amides is 1. The smallest absolute Gasteiger partial charge is 0.251 e. The van der Waals surface area contributed by atoms with Gasteiger partial charge in [-0.25, -0.2) is 0 Å². The molecule has 0 aliphatic carbocycles. The van der Waals surface area contributed by atoms with Crippen molar-refractivity contribution in [2.24, 2.45) is 5.73 Å². The van der Waals surface area contributed by atoms with Crippen molar-refractivity contribution in [2.75, 3.05) is 5.32 Å². The topological polar surface area (TPSA) is 72.2 Å². The second-order valence-corrected chi connectivity index (χ2v) is 5.55. The Balaban J connectivity index is 1.91. The fraction of sp³-hybridized carbons (Fsp3) is 0.143. The summed E-state index contributed by atoms with van der Waals surface area (Å²) in [5.41, 5.74) is 6.59. The maximum absolute atomic E-state index is 11.8. The van der Waals surface area contributed by atoms with Crippen LogP contribution in [0.1, 0.15) is 22.3 Å². The molecule has 0 unspecified atom stereocenters. The van der Waals surface area contributed by atoms with Gasteiger partial charge >= 0.3 is 0 Å². The number of nitrogens with two attached hydrogens (primary N) is 1. The van der Waals surface area contributed by atoms with Crippen LogP contribution in [0.2, 0.25) is 5.02 Å². The molecule has 0 aliphatic rings. The molecule has 0 aliphatic heterocycles. The van der Waals surface area contributed by atoms with Crippen molar-refractivity contribution in [3.05, 3.63) is 51.9 Å². The minimum Gasteiger partial charge on any atom is -0.366 e. The van der Waals surface area contributed by atoms with Crippen molar-refractivity contribution in [1.29, 1.82) is 0 Å². The highest BCUT2D eigenvalue weighted by Gasteiger charge is 2.12. The summed E-state index contributed by atoms with van der Waals surface area (Å²) in [5, 5.41) is 5.59. The van der Waals surface area contributed by atoms with Gasteiger partial charge in [0.05, 0.1) is 5.56 Å². The number of carbonyl (C=O) groups is 2. The predicted octanol–water partition coefficient (Wildman–Crippen LogP) is 3.07. The van der Waals surface area contributed by atoms with Crippen LogP contribution in [0.4, 0.5) is 5.00 Å². The number of hydrogen-bond donors (Lipinski definition) is 2. The maximum Gasteiger partial charge on any atom is 0.251 e. The fourth-order valence-electron chi connectivity index (χ4n) is 1.70. The van der Waals surface area contributed by atoms with E-state index >= 15 is 0 Å². The molecular weight excluding hydrogens is 296 g/mol. The number of anilines is 1. The molecule has 0 spiro atoms. The molecule has 1 aromatic heterocycles. The fourth-order valence-corrected chi connectivity index (χ4v) is 2.63. The van der Waals surface area contributed by atoms with E-state index in [0.29, 0.717) is 28.4 Å². The Morgan fingerprint density at radius 2 is 1.90 bits per heavy atom. The van der Waals surface area contributed by atoms with Crippen LogP contribution in [0.3, 0.4) is 0 Å². The van der Waals surface area contributed by atoms with Gasteiger partial charge in [0.1, 0.15) is 5.00 Å². The largest absolute Gasteiger partial charge is 0.366 e. The first-order chi connectivity index (χ1) is 9.56. The molecule has 2 amide bonds. The molecule has 0 fully saturated rings. The third-order valence-corrected chi connectivity index (χ3v) is 3.82. The van der Waals surface area contributed by atoms with Crippen LogP contribution in [0, 0.1) is 0 Å². The van der Waals surface area contributed by atoms with Gasteiger partial charge in [0.25, 0.3) is 5.91 Å². The van der Waals surface area contributed by atoms with Crippen molar-refractivity contribution in [1.82, 2.24) is 0 Å². The van der Waals surface area contributed by atoms with Crippen LogP contribution < -0.4 is 11.1 Å². The van der Waals surface area contributed by atoms with Crippen molar-refractivity contribution < 1.29 is 9.59 Å². The average molecular weight is 309 g/mol. The van der Waals surface area contributed by atoms with Gasteiger partial charge in [-0.1, -0.05) is 23.7 Å². The number of hydrogen-bond acceptors (Lipinski definition) is 3. The number of aryl methyl sites for hydroxylation is 1. The van der Waals surface area contributed by atoms with Gasteiger partial charge in [0.15, 0.2) is 0 Å². The predicted molar refractivity (Wildman–Crippen MR) is 81.2 cm³/mol. The molecule has 1 heterocycles. The summed E-state index contributed by atoms with van der Waals surface area (Å²) < 4.78 is 0. The molecule has 0 bridgehead atoms. The number of nitrogens with one attached hydrogen (secondary N) is 1. The van der Waals surface area contributed by atoms with E-state index < -0.39 is 5.91 Å². The number of carbonyl (C=O) groups excluding carboxylic acids is 2. The SMILES string of the molecule is NC(=O)c1ccsc1NC(=O)CCc1ccc(Cl)cc1. The van der Waals surface area contributed by atoms with Gasteiger partial charge in [-0.2, -0.15) is 0 Å². The number of benzene rings is 1. The van der Waals surface area contributed by atoms with E-state index in [-0.39, 0.29) is 5.91 Å². The van der Waals surface area contributed by atoms with Crippen molar-refractivity contribution in [2.45, 2.75) is 12.8 Å². The Hall–Kier alpha value is -1.85. The Kier molecular flexibility index (Phi) is 4.76. The minimum atomic E-state index is -0.542. The molecule has 0 saturated heterocycles. The zero-order chi connectivity index (χ0) is 14.5. The van der Waals surface area contributed by atoms with E-state index in [1.165, 1.54) is 11.3 Å². The lowest BCUT2D eigenvalue weighted by atomic mass is 10.1. The lowest BCUT2D eigenvalue weighted by molar-refractivity contribution is -0.116. The molecule has 1 aromatic carbocycles. The zero-order valence-electron chi connectivity index (χ0n) is 10.6. The van der Waals surface area contributed by atoms with Crippen molar-refractivity contribution >= 4 is 39.8 Å². The first-order valence-corrected chi connectivity index (χ1v) is 7.23. The van der Waals surface area contributed by atoms with Gasteiger partial charge in [0.2, 0.25) is 5.91 Å². The van der Waals surface area contributed by atoms with Crippen molar-refractivity contribution in [3.8, 4) is 0 Å². The Morgan fingerprint density at radius 3 is 2.55 bits per heavy atom. The summed E-state index contributed by atoms with van der Waals surface area (Å²) in [6.07, 6.45) is 0.942. The number of amides is 2. The van der Waals surface area contributed by atoms with Gasteiger partial charge in [-0.15, -0.1) is 11.3 Å². The first kappa shape index (κ1) is 14.6.